The molecule has 0 fully saturated rings. The van der Waals surface area contributed by atoms with E-state index >= 15 is 0 Å². The number of sulfonamides is 1. The van der Waals surface area contributed by atoms with Gasteiger partial charge in [-0.1, -0.05) is 23.7 Å². The van der Waals surface area contributed by atoms with Gasteiger partial charge in [-0.3, -0.25) is 0 Å². The molecule has 5 nitrogen and oxygen atoms in total. The molecule has 26 heavy (non-hydrogen) atoms. The molecule has 0 radical (unpaired) electrons. The van der Waals surface area contributed by atoms with E-state index in [1.165, 1.54) is 29.1 Å². The number of methoxy groups -OCH3 is 1. The van der Waals surface area contributed by atoms with Crippen LogP contribution in [0.4, 0.5) is 0 Å². The van der Waals surface area contributed by atoms with E-state index in [0.29, 0.717) is 25.3 Å². The third kappa shape index (κ3) is 2.78. The van der Waals surface area contributed by atoms with Gasteiger partial charge in [0.15, 0.2) is 0 Å². The standard InChI is InChI=1S/C19H19ClN2O3S/c1-12-3-5-14-15-11-22(8-7-17(15)21-18(14)9-12)26(23,24)13-4-6-19(25-2)16(20)10-13/h3-6,9-10,21H,7-8,11H2,1-2H3. The third-order valence-corrected chi connectivity index (χ3v) is 6.99. The molecule has 0 amide bonds. The molecule has 1 aliphatic heterocycles. The van der Waals surface area contributed by atoms with Gasteiger partial charge < -0.3 is 9.72 Å². The van der Waals surface area contributed by atoms with Crippen molar-refractivity contribution < 1.29 is 13.2 Å². The van der Waals surface area contributed by atoms with Gasteiger partial charge in [0.1, 0.15) is 5.75 Å². The lowest BCUT2D eigenvalue weighted by Crippen LogP contribution is -2.35. The Hall–Kier alpha value is -2.02. The molecule has 0 unspecified atom stereocenters. The molecule has 4 rings (SSSR count). The first-order valence-electron chi connectivity index (χ1n) is 8.34. The second kappa shape index (κ2) is 6.30. The zero-order chi connectivity index (χ0) is 18.5. The summed E-state index contributed by atoms with van der Waals surface area (Å²) in [5, 5.41) is 1.37. The van der Waals surface area contributed by atoms with Crippen LogP contribution in [-0.4, -0.2) is 31.4 Å². The van der Waals surface area contributed by atoms with E-state index in [-0.39, 0.29) is 9.92 Å². The van der Waals surface area contributed by atoms with Crippen molar-refractivity contribution in [3.63, 3.8) is 0 Å². The Bertz CT molecular complexity index is 1110. The summed E-state index contributed by atoms with van der Waals surface area (Å²) in [7, 11) is -2.13. The summed E-state index contributed by atoms with van der Waals surface area (Å²) in [4.78, 5) is 3.62. The Morgan fingerprint density at radius 3 is 2.73 bits per heavy atom. The number of hydrogen-bond donors (Lipinski definition) is 1. The van der Waals surface area contributed by atoms with Gasteiger partial charge in [-0.05, 0) is 42.3 Å². The van der Waals surface area contributed by atoms with E-state index < -0.39 is 10.0 Å². The van der Waals surface area contributed by atoms with Gasteiger partial charge in [-0.2, -0.15) is 4.31 Å². The van der Waals surface area contributed by atoms with E-state index in [4.69, 9.17) is 16.3 Å². The number of aryl methyl sites for hydroxylation is 1. The number of fused-ring (bicyclic) bond motifs is 3. The van der Waals surface area contributed by atoms with E-state index in [0.717, 1.165) is 22.2 Å². The van der Waals surface area contributed by atoms with Crippen molar-refractivity contribution in [2.45, 2.75) is 24.8 Å². The Labute approximate surface area is 157 Å². The Balaban J connectivity index is 1.71. The second-order valence-electron chi connectivity index (χ2n) is 6.52. The van der Waals surface area contributed by atoms with Gasteiger partial charge in [-0.15, -0.1) is 0 Å². The maximum absolute atomic E-state index is 13.1. The molecule has 3 aromatic rings. The first-order chi connectivity index (χ1) is 12.4. The van der Waals surface area contributed by atoms with E-state index in [1.807, 2.05) is 13.0 Å². The summed E-state index contributed by atoms with van der Waals surface area (Å²) in [6.45, 7) is 2.83. The van der Waals surface area contributed by atoms with Crippen LogP contribution in [0.25, 0.3) is 10.9 Å². The average molecular weight is 391 g/mol. The zero-order valence-electron chi connectivity index (χ0n) is 14.5. The summed E-state index contributed by atoms with van der Waals surface area (Å²) in [5.41, 5.74) is 4.40. The van der Waals surface area contributed by atoms with Crippen molar-refractivity contribution in [2.75, 3.05) is 13.7 Å². The molecule has 2 aromatic carbocycles. The predicted molar refractivity (Wildman–Crippen MR) is 102 cm³/mol. The fourth-order valence-electron chi connectivity index (χ4n) is 3.47. The van der Waals surface area contributed by atoms with Gasteiger partial charge in [0, 0.05) is 36.1 Å². The Morgan fingerprint density at radius 1 is 1.19 bits per heavy atom. The van der Waals surface area contributed by atoms with Crippen molar-refractivity contribution >= 4 is 32.5 Å². The molecular formula is C19H19ClN2O3S. The first-order valence-corrected chi connectivity index (χ1v) is 10.2. The fraction of sp³-hybridized carbons (Fsp3) is 0.263. The highest BCUT2D eigenvalue weighted by Gasteiger charge is 2.30. The Kier molecular flexibility index (Phi) is 4.22. The molecule has 1 aliphatic rings. The minimum absolute atomic E-state index is 0.183. The zero-order valence-corrected chi connectivity index (χ0v) is 16.1. The van der Waals surface area contributed by atoms with Crippen molar-refractivity contribution in [3.8, 4) is 5.75 Å². The summed E-state index contributed by atoms with van der Waals surface area (Å²) in [5.74, 6) is 0.457. The molecule has 0 saturated carbocycles. The number of aromatic amines is 1. The highest BCUT2D eigenvalue weighted by Crippen LogP contribution is 2.33. The number of nitrogens with one attached hydrogen (secondary N) is 1. The Morgan fingerprint density at radius 2 is 2.00 bits per heavy atom. The van der Waals surface area contributed by atoms with Crippen LogP contribution in [0.3, 0.4) is 0 Å². The molecule has 0 spiro atoms. The molecule has 1 N–H and O–H groups in total. The van der Waals surface area contributed by atoms with Gasteiger partial charge in [-0.25, -0.2) is 8.42 Å². The molecule has 0 atom stereocenters. The number of nitrogens with zero attached hydrogens (tertiary/aromatic N) is 1. The van der Waals surface area contributed by atoms with Crippen molar-refractivity contribution in [1.82, 2.24) is 9.29 Å². The summed E-state index contributed by atoms with van der Waals surface area (Å²) in [6, 6.07) is 10.8. The largest absolute Gasteiger partial charge is 0.495 e. The van der Waals surface area contributed by atoms with Crippen LogP contribution in [-0.2, 0) is 23.0 Å². The van der Waals surface area contributed by atoms with E-state index in [9.17, 15) is 8.42 Å². The number of ether oxygens (including phenoxy) is 1. The minimum atomic E-state index is -3.63. The number of benzene rings is 2. The average Bonchev–Trinajstić information content (AvgIpc) is 2.98. The normalized spacial score (nSPS) is 15.2. The molecule has 136 valence electrons. The summed E-state index contributed by atoms with van der Waals surface area (Å²) < 4.78 is 32.8. The lowest BCUT2D eigenvalue weighted by atomic mass is 10.1. The number of rotatable bonds is 3. The maximum atomic E-state index is 13.1. The second-order valence-corrected chi connectivity index (χ2v) is 8.86. The minimum Gasteiger partial charge on any atom is -0.495 e. The summed E-state index contributed by atoms with van der Waals surface area (Å²) >= 11 is 6.12. The SMILES string of the molecule is COc1ccc(S(=O)(=O)N2CCc3[nH]c4cc(C)ccc4c3C2)cc1Cl. The van der Waals surface area contributed by atoms with Crippen LogP contribution in [0.1, 0.15) is 16.8 Å². The smallest absolute Gasteiger partial charge is 0.243 e. The molecular weight excluding hydrogens is 372 g/mol. The van der Waals surface area contributed by atoms with Crippen LogP contribution in [0.5, 0.6) is 5.75 Å². The quantitative estimate of drug-likeness (QED) is 0.738. The van der Waals surface area contributed by atoms with Crippen molar-refractivity contribution in [3.05, 3.63) is 58.2 Å². The lowest BCUT2D eigenvalue weighted by molar-refractivity contribution is 0.391. The molecule has 2 heterocycles. The van der Waals surface area contributed by atoms with Crippen LogP contribution in [0.15, 0.2) is 41.3 Å². The number of halogens is 1. The summed E-state index contributed by atoms with van der Waals surface area (Å²) in [6.07, 6.45) is 0.659. The number of aromatic nitrogens is 1. The van der Waals surface area contributed by atoms with Crippen molar-refractivity contribution in [1.29, 1.82) is 0 Å². The van der Waals surface area contributed by atoms with Crippen LogP contribution in [0.2, 0.25) is 5.02 Å². The monoisotopic (exact) mass is 390 g/mol. The number of hydrogen-bond acceptors (Lipinski definition) is 3. The van der Waals surface area contributed by atoms with Gasteiger partial charge >= 0.3 is 0 Å². The predicted octanol–water partition coefficient (Wildman–Crippen LogP) is 3.89. The van der Waals surface area contributed by atoms with Gasteiger partial charge in [0.2, 0.25) is 10.0 Å². The van der Waals surface area contributed by atoms with Crippen molar-refractivity contribution in [2.24, 2.45) is 0 Å². The van der Waals surface area contributed by atoms with Gasteiger partial charge in [0.25, 0.3) is 0 Å². The fourth-order valence-corrected chi connectivity index (χ4v) is 5.23. The molecule has 1 aromatic heterocycles. The first kappa shape index (κ1) is 17.4. The van der Waals surface area contributed by atoms with Crippen LogP contribution < -0.4 is 4.74 Å². The topological polar surface area (TPSA) is 62.4 Å². The lowest BCUT2D eigenvalue weighted by Gasteiger charge is -2.26. The van der Waals surface area contributed by atoms with Gasteiger partial charge in [0.05, 0.1) is 17.0 Å². The van der Waals surface area contributed by atoms with Crippen LogP contribution in [0, 0.1) is 6.92 Å². The van der Waals surface area contributed by atoms with E-state index in [2.05, 4.69) is 17.1 Å². The maximum Gasteiger partial charge on any atom is 0.243 e. The molecule has 7 heteroatoms. The number of H-pyrrole nitrogens is 1. The highest BCUT2D eigenvalue weighted by molar-refractivity contribution is 7.89. The third-order valence-electron chi connectivity index (χ3n) is 4.86. The highest BCUT2D eigenvalue weighted by atomic mass is 35.5. The van der Waals surface area contributed by atoms with E-state index in [1.54, 1.807) is 6.07 Å². The van der Waals surface area contributed by atoms with Crippen LogP contribution >= 0.6 is 11.6 Å². The molecule has 0 bridgehead atoms. The molecule has 0 aliphatic carbocycles. The molecule has 0 saturated heterocycles.